The summed E-state index contributed by atoms with van der Waals surface area (Å²) in [5.41, 5.74) is 0.953. The highest BCUT2D eigenvalue weighted by Crippen LogP contribution is 2.17. The number of hydrogen-bond acceptors (Lipinski definition) is 15. The largest absolute Gasteiger partial charge is 0.491 e. The highest BCUT2D eigenvalue weighted by Gasteiger charge is 2.05. The fourth-order valence-corrected chi connectivity index (χ4v) is 3.96. The Morgan fingerprint density at radius 3 is 1.23 bits per heavy atom. The maximum atomic E-state index is 11.6. The van der Waals surface area contributed by atoms with Crippen molar-refractivity contribution in [2.75, 3.05) is 145 Å². The second-order valence-electron chi connectivity index (χ2n) is 10.7. The van der Waals surface area contributed by atoms with Crippen molar-refractivity contribution in [3.05, 3.63) is 70.3 Å². The van der Waals surface area contributed by atoms with E-state index < -0.39 is 11.0 Å². The first-order valence-corrected chi connectivity index (χ1v) is 17.7. The molecule has 0 saturated carbocycles. The van der Waals surface area contributed by atoms with Gasteiger partial charge in [-0.15, -0.1) is 0 Å². The van der Waals surface area contributed by atoms with E-state index in [-0.39, 0.29) is 12.3 Å². The van der Waals surface area contributed by atoms with Gasteiger partial charge < -0.3 is 62.2 Å². The predicted octanol–water partition coefficient (Wildman–Crippen LogP) is 3.07. The molecule has 0 fully saturated rings. The lowest BCUT2D eigenvalue weighted by Crippen LogP contribution is -2.28. The number of hydrogen-bond donors (Lipinski definition) is 1. The number of nitrogens with one attached hydrogen (secondary N) is 1. The molecule has 0 aliphatic heterocycles. The third-order valence-electron chi connectivity index (χ3n) is 6.62. The molecule has 1 N–H and O–H groups in total. The molecule has 0 atom stereocenters. The molecule has 0 spiro atoms. The van der Waals surface area contributed by atoms with Gasteiger partial charge in [-0.1, -0.05) is 30.3 Å². The van der Waals surface area contributed by atoms with Crippen molar-refractivity contribution in [1.82, 2.24) is 5.32 Å². The van der Waals surface area contributed by atoms with E-state index >= 15 is 0 Å². The van der Waals surface area contributed by atoms with Gasteiger partial charge in [0.1, 0.15) is 19.0 Å². The van der Waals surface area contributed by atoms with Crippen molar-refractivity contribution in [3.63, 3.8) is 0 Å². The molecule has 0 radical (unpaired) electrons. The molecule has 300 valence electrons. The fraction of sp³-hybridized carbons (Fsp3) is 0.639. The van der Waals surface area contributed by atoms with Gasteiger partial charge in [0.05, 0.1) is 137 Å². The van der Waals surface area contributed by atoms with Gasteiger partial charge in [-0.05, 0) is 17.7 Å². The number of carbonyl (C=O) groups excluding carboxylic acids is 1. The average molecular weight is 757 g/mol. The zero-order valence-electron chi connectivity index (χ0n) is 30.5. The number of nitrogens with zero attached hydrogens (tertiary/aromatic N) is 1. The molecule has 0 aliphatic rings. The predicted molar refractivity (Wildman–Crippen MR) is 191 cm³/mol. The van der Waals surface area contributed by atoms with Crippen LogP contribution in [0.1, 0.15) is 5.56 Å². The Morgan fingerprint density at radius 2 is 0.849 bits per heavy atom. The second kappa shape index (κ2) is 34.3. The van der Waals surface area contributed by atoms with Crippen molar-refractivity contribution >= 4 is 11.8 Å². The first-order chi connectivity index (χ1) is 26.1. The summed E-state index contributed by atoms with van der Waals surface area (Å²) in [4.78, 5) is 21.8. The van der Waals surface area contributed by atoms with Crippen LogP contribution in [0.4, 0.5) is 10.5 Å². The molecule has 0 unspecified atom stereocenters. The highest BCUT2D eigenvalue weighted by atomic mass is 16.6. The number of nitro groups is 1. The Balaban J connectivity index is 1.15. The van der Waals surface area contributed by atoms with Gasteiger partial charge in [0.2, 0.25) is 0 Å². The van der Waals surface area contributed by atoms with E-state index in [2.05, 4.69) is 5.32 Å². The molecule has 0 aromatic heterocycles. The third-order valence-corrected chi connectivity index (χ3v) is 6.62. The van der Waals surface area contributed by atoms with Crippen LogP contribution in [0, 0.1) is 10.1 Å². The number of non-ortho nitro benzene ring substituents is 1. The van der Waals surface area contributed by atoms with Crippen LogP contribution in [0.3, 0.4) is 0 Å². The smallest absolute Gasteiger partial charge is 0.407 e. The van der Waals surface area contributed by atoms with Gasteiger partial charge in [0.25, 0.3) is 5.69 Å². The second-order valence-corrected chi connectivity index (χ2v) is 10.7. The number of carbonyl (C=O) groups is 1. The van der Waals surface area contributed by atoms with Crippen molar-refractivity contribution in [3.8, 4) is 5.75 Å². The molecule has 1 amide bonds. The summed E-state index contributed by atoms with van der Waals surface area (Å²) in [5, 5.41) is 13.3. The van der Waals surface area contributed by atoms with Crippen LogP contribution in [0.15, 0.2) is 54.6 Å². The summed E-state index contributed by atoms with van der Waals surface area (Å²) in [6.45, 7) is 9.98. The van der Waals surface area contributed by atoms with Crippen LogP contribution in [-0.2, 0) is 58.7 Å². The summed E-state index contributed by atoms with van der Waals surface area (Å²) in [6.07, 6.45) is -0.476. The summed E-state index contributed by atoms with van der Waals surface area (Å²) in [6, 6.07) is 15.4. The number of benzene rings is 2. The zero-order valence-corrected chi connectivity index (χ0v) is 30.5. The van der Waals surface area contributed by atoms with Crippen LogP contribution < -0.4 is 10.1 Å². The zero-order chi connectivity index (χ0) is 37.7. The summed E-state index contributed by atoms with van der Waals surface area (Å²) in [5.74, 6) is 0.551. The van der Waals surface area contributed by atoms with E-state index in [1.807, 2.05) is 30.3 Å². The number of nitro benzene ring substituents is 1. The molecular weight excluding hydrogens is 700 g/mol. The minimum Gasteiger partial charge on any atom is -0.491 e. The van der Waals surface area contributed by atoms with Gasteiger partial charge in [-0.25, -0.2) is 4.79 Å². The maximum Gasteiger partial charge on any atom is 0.407 e. The van der Waals surface area contributed by atoms with Gasteiger partial charge in [0.15, 0.2) is 0 Å². The van der Waals surface area contributed by atoms with E-state index in [1.165, 1.54) is 12.1 Å². The van der Waals surface area contributed by atoms with Gasteiger partial charge in [-0.3, -0.25) is 10.1 Å². The molecule has 2 rings (SSSR count). The quantitative estimate of drug-likeness (QED) is 0.0603. The lowest BCUT2D eigenvalue weighted by molar-refractivity contribution is -0.384. The normalized spacial score (nSPS) is 11.1. The SMILES string of the molecule is O=C(NCCOCCOCCOCCOCCOCCOCCOCCOCCOCCOCCOc1ccc([N+](=O)[O-])cc1)OCc1ccccc1. The molecule has 17 nitrogen and oxygen atoms in total. The third kappa shape index (κ3) is 28.7. The Kier molecular flexibility index (Phi) is 29.5. The fourth-order valence-electron chi connectivity index (χ4n) is 3.96. The van der Waals surface area contributed by atoms with Crippen LogP contribution in [0.2, 0.25) is 0 Å². The first-order valence-electron chi connectivity index (χ1n) is 17.7. The molecule has 0 saturated heterocycles. The summed E-state index contributed by atoms with van der Waals surface area (Å²) in [7, 11) is 0. The van der Waals surface area contributed by atoms with Crippen molar-refractivity contribution in [2.24, 2.45) is 0 Å². The van der Waals surface area contributed by atoms with Crippen molar-refractivity contribution in [1.29, 1.82) is 0 Å². The lowest BCUT2D eigenvalue weighted by Gasteiger charge is -2.09. The number of ether oxygens (including phenoxy) is 12. The van der Waals surface area contributed by atoms with E-state index in [1.54, 1.807) is 12.1 Å². The molecule has 0 bridgehead atoms. The summed E-state index contributed by atoms with van der Waals surface area (Å²) < 4.78 is 65.2. The molecule has 53 heavy (non-hydrogen) atoms. The van der Waals surface area contributed by atoms with Gasteiger partial charge in [0, 0.05) is 18.7 Å². The topological polar surface area (TPSA) is 183 Å². The van der Waals surface area contributed by atoms with Gasteiger partial charge >= 0.3 is 6.09 Å². The molecule has 0 heterocycles. The lowest BCUT2D eigenvalue weighted by atomic mass is 10.2. The van der Waals surface area contributed by atoms with E-state index in [9.17, 15) is 14.9 Å². The van der Waals surface area contributed by atoms with E-state index in [0.717, 1.165) is 5.56 Å². The molecule has 2 aromatic carbocycles. The van der Waals surface area contributed by atoms with Crippen molar-refractivity contribution in [2.45, 2.75) is 6.61 Å². The van der Waals surface area contributed by atoms with Gasteiger partial charge in [-0.2, -0.15) is 0 Å². The molecule has 2 aromatic rings. The summed E-state index contributed by atoms with van der Waals surface area (Å²) >= 11 is 0. The van der Waals surface area contributed by atoms with Crippen molar-refractivity contribution < 1.29 is 66.6 Å². The Labute approximate surface area is 311 Å². The number of rotatable bonds is 37. The van der Waals surface area contributed by atoms with Crippen LogP contribution in [0.5, 0.6) is 5.75 Å². The molecular formula is C36H56N2O15. The standard InChI is InChI=1S/C36H56N2O15/c39-36(53-32-33-4-2-1-3-5-33)37-10-11-42-12-13-43-14-15-44-16-17-45-18-19-46-20-21-47-22-23-48-24-25-49-26-27-50-28-29-51-30-31-52-35-8-6-34(7-9-35)38(40)41/h1-9H,10-32H2,(H,37,39). The average Bonchev–Trinajstić information content (AvgIpc) is 3.17. The monoisotopic (exact) mass is 756 g/mol. The van der Waals surface area contributed by atoms with E-state index in [4.69, 9.17) is 56.8 Å². The minimum atomic E-state index is -0.476. The Bertz CT molecular complexity index is 1130. The minimum absolute atomic E-state index is 0.0214. The molecule has 17 heteroatoms. The van der Waals surface area contributed by atoms with Crippen LogP contribution in [-0.4, -0.2) is 156 Å². The van der Waals surface area contributed by atoms with E-state index in [0.29, 0.717) is 151 Å². The Hall–Kier alpha value is -3.49. The number of amides is 1. The highest BCUT2D eigenvalue weighted by molar-refractivity contribution is 5.67. The first kappa shape index (κ1) is 45.7. The maximum absolute atomic E-state index is 11.6. The Morgan fingerprint density at radius 1 is 0.491 bits per heavy atom. The van der Waals surface area contributed by atoms with Crippen LogP contribution >= 0.6 is 0 Å². The molecule has 0 aliphatic carbocycles. The number of alkyl carbamates (subject to hydrolysis) is 1. The van der Waals surface area contributed by atoms with Crippen LogP contribution in [0.25, 0.3) is 0 Å².